The van der Waals surface area contributed by atoms with E-state index < -0.39 is 0 Å². The molecule has 0 saturated heterocycles. The van der Waals surface area contributed by atoms with E-state index in [1.54, 1.807) is 13.2 Å². The number of allylic oxidation sites excluding steroid dienone is 4. The van der Waals surface area contributed by atoms with Gasteiger partial charge in [-0.2, -0.15) is 0 Å². The molecule has 0 spiro atoms. The standard InChI is InChI=1S/C18H32O2/c1-7-17(19)14-16(3)11-8-10-15(2)12-9-13-18(4,5)20-6/h8,11,14-15H,7,9-10,12-13H2,1-6H3/b11-8+,16-14+. The quantitative estimate of drug-likeness (QED) is 0.411. The molecule has 20 heavy (non-hydrogen) atoms. The second-order valence-corrected chi connectivity index (χ2v) is 6.31. The Morgan fingerprint density at radius 1 is 1.35 bits per heavy atom. The first-order valence-electron chi connectivity index (χ1n) is 7.73. The number of carbonyl (C=O) groups excluding carboxylic acids is 1. The minimum atomic E-state index is -0.00456. The molecule has 0 aromatic heterocycles. The van der Waals surface area contributed by atoms with Gasteiger partial charge in [0, 0.05) is 13.5 Å². The lowest BCUT2D eigenvalue weighted by atomic mass is 9.95. The molecule has 0 fully saturated rings. The summed E-state index contributed by atoms with van der Waals surface area (Å²) in [5.74, 6) is 0.871. The van der Waals surface area contributed by atoms with Crippen molar-refractivity contribution in [3.8, 4) is 0 Å². The van der Waals surface area contributed by atoms with Gasteiger partial charge in [0.15, 0.2) is 5.78 Å². The van der Waals surface area contributed by atoms with E-state index in [-0.39, 0.29) is 11.4 Å². The lowest BCUT2D eigenvalue weighted by Gasteiger charge is -2.23. The molecule has 0 aromatic carbocycles. The molecule has 0 aliphatic rings. The SMILES string of the molecule is CCC(=O)/C=C(C)/C=C/CC(C)CCCC(C)(C)OC. The van der Waals surface area contributed by atoms with Crippen molar-refractivity contribution in [2.45, 2.75) is 72.3 Å². The molecule has 0 aliphatic heterocycles. The van der Waals surface area contributed by atoms with Crippen LogP contribution in [0.2, 0.25) is 0 Å². The van der Waals surface area contributed by atoms with Gasteiger partial charge >= 0.3 is 0 Å². The van der Waals surface area contributed by atoms with Gasteiger partial charge in [0.25, 0.3) is 0 Å². The first kappa shape index (κ1) is 19.1. The summed E-state index contributed by atoms with van der Waals surface area (Å²) < 4.78 is 5.43. The fourth-order valence-corrected chi connectivity index (χ4v) is 1.99. The van der Waals surface area contributed by atoms with Crippen molar-refractivity contribution in [3.63, 3.8) is 0 Å². The number of ether oxygens (including phenoxy) is 1. The Morgan fingerprint density at radius 2 is 2.00 bits per heavy atom. The highest BCUT2D eigenvalue weighted by molar-refractivity contribution is 5.90. The lowest BCUT2D eigenvalue weighted by Crippen LogP contribution is -2.22. The average Bonchev–Trinajstić information content (AvgIpc) is 2.38. The van der Waals surface area contributed by atoms with E-state index >= 15 is 0 Å². The summed E-state index contributed by atoms with van der Waals surface area (Å²) in [4.78, 5) is 11.3. The van der Waals surface area contributed by atoms with Gasteiger partial charge in [0.05, 0.1) is 5.60 Å². The van der Waals surface area contributed by atoms with E-state index in [4.69, 9.17) is 4.74 Å². The minimum Gasteiger partial charge on any atom is -0.379 e. The van der Waals surface area contributed by atoms with E-state index in [0.717, 1.165) is 18.4 Å². The zero-order valence-electron chi connectivity index (χ0n) is 14.2. The smallest absolute Gasteiger partial charge is 0.155 e. The first-order valence-corrected chi connectivity index (χ1v) is 7.73. The van der Waals surface area contributed by atoms with Crippen LogP contribution in [0.5, 0.6) is 0 Å². The van der Waals surface area contributed by atoms with Gasteiger partial charge in [-0.25, -0.2) is 0 Å². The Kier molecular flexibility index (Phi) is 9.49. The molecule has 0 amide bonds. The molecule has 0 aliphatic carbocycles. The Morgan fingerprint density at radius 3 is 2.55 bits per heavy atom. The van der Waals surface area contributed by atoms with Crippen LogP contribution < -0.4 is 0 Å². The molecule has 2 nitrogen and oxygen atoms in total. The second-order valence-electron chi connectivity index (χ2n) is 6.31. The largest absolute Gasteiger partial charge is 0.379 e. The number of carbonyl (C=O) groups is 1. The topological polar surface area (TPSA) is 26.3 Å². The van der Waals surface area contributed by atoms with Gasteiger partial charge in [-0.3, -0.25) is 4.79 Å². The molecule has 0 radical (unpaired) electrons. The van der Waals surface area contributed by atoms with Gasteiger partial charge in [0.2, 0.25) is 0 Å². The van der Waals surface area contributed by atoms with E-state index in [0.29, 0.717) is 12.3 Å². The number of methoxy groups -OCH3 is 1. The van der Waals surface area contributed by atoms with Crippen molar-refractivity contribution in [2.24, 2.45) is 5.92 Å². The van der Waals surface area contributed by atoms with Crippen LogP contribution in [0.4, 0.5) is 0 Å². The summed E-state index contributed by atoms with van der Waals surface area (Å²) in [7, 11) is 1.78. The number of rotatable bonds is 10. The number of ketones is 1. The maximum atomic E-state index is 11.3. The van der Waals surface area contributed by atoms with E-state index in [1.165, 1.54) is 12.8 Å². The Bertz CT molecular complexity index is 337. The highest BCUT2D eigenvalue weighted by Gasteiger charge is 2.15. The van der Waals surface area contributed by atoms with Crippen molar-refractivity contribution in [1.29, 1.82) is 0 Å². The fourth-order valence-electron chi connectivity index (χ4n) is 1.99. The van der Waals surface area contributed by atoms with Gasteiger partial charge in [-0.15, -0.1) is 0 Å². The van der Waals surface area contributed by atoms with Crippen LogP contribution in [-0.2, 0) is 9.53 Å². The van der Waals surface area contributed by atoms with Crippen molar-refractivity contribution in [2.75, 3.05) is 7.11 Å². The molecule has 0 heterocycles. The van der Waals surface area contributed by atoms with Crippen LogP contribution in [0, 0.1) is 5.92 Å². The van der Waals surface area contributed by atoms with Crippen molar-refractivity contribution < 1.29 is 9.53 Å². The van der Waals surface area contributed by atoms with Gasteiger partial charge in [0.1, 0.15) is 0 Å². The zero-order chi connectivity index (χ0) is 15.6. The normalized spacial score (nSPS) is 14.8. The molecule has 0 N–H and O–H groups in total. The lowest BCUT2D eigenvalue weighted by molar-refractivity contribution is -0.114. The van der Waals surface area contributed by atoms with Gasteiger partial charge < -0.3 is 4.74 Å². The van der Waals surface area contributed by atoms with E-state index in [1.807, 2.05) is 13.8 Å². The van der Waals surface area contributed by atoms with Crippen molar-refractivity contribution in [3.05, 3.63) is 23.8 Å². The van der Waals surface area contributed by atoms with Crippen LogP contribution in [-0.4, -0.2) is 18.5 Å². The molecule has 0 rings (SSSR count). The third kappa shape index (κ3) is 9.96. The van der Waals surface area contributed by atoms with Crippen LogP contribution in [0.15, 0.2) is 23.8 Å². The number of hydrogen-bond donors (Lipinski definition) is 0. The predicted octanol–water partition coefficient (Wildman–Crippen LogP) is 5.09. The summed E-state index contributed by atoms with van der Waals surface area (Å²) in [6.45, 7) is 10.4. The molecular weight excluding hydrogens is 248 g/mol. The molecule has 116 valence electrons. The molecule has 0 aromatic rings. The highest BCUT2D eigenvalue weighted by atomic mass is 16.5. The third-order valence-corrected chi connectivity index (χ3v) is 3.68. The summed E-state index contributed by atoms with van der Waals surface area (Å²) in [5, 5.41) is 0. The first-order chi connectivity index (χ1) is 9.30. The predicted molar refractivity (Wildman–Crippen MR) is 86.9 cm³/mol. The highest BCUT2D eigenvalue weighted by Crippen LogP contribution is 2.20. The Labute approximate surface area is 125 Å². The van der Waals surface area contributed by atoms with Crippen LogP contribution in [0.3, 0.4) is 0 Å². The minimum absolute atomic E-state index is 0.00456. The summed E-state index contributed by atoms with van der Waals surface area (Å²) in [6.07, 6.45) is 11.1. The molecular formula is C18H32O2. The van der Waals surface area contributed by atoms with Crippen molar-refractivity contribution >= 4 is 5.78 Å². The average molecular weight is 280 g/mol. The molecule has 0 bridgehead atoms. The fraction of sp³-hybridized carbons (Fsp3) is 0.722. The van der Waals surface area contributed by atoms with E-state index in [9.17, 15) is 4.79 Å². The third-order valence-electron chi connectivity index (χ3n) is 3.68. The van der Waals surface area contributed by atoms with Gasteiger partial charge in [-0.1, -0.05) is 38.8 Å². The summed E-state index contributed by atoms with van der Waals surface area (Å²) in [5.41, 5.74) is 1.04. The van der Waals surface area contributed by atoms with E-state index in [2.05, 4.69) is 32.9 Å². The number of hydrogen-bond acceptors (Lipinski definition) is 2. The Hall–Kier alpha value is -0.890. The molecule has 0 saturated carbocycles. The van der Waals surface area contributed by atoms with Crippen LogP contribution >= 0.6 is 0 Å². The Balaban J connectivity index is 3.96. The molecule has 1 atom stereocenters. The monoisotopic (exact) mass is 280 g/mol. The molecule has 2 heteroatoms. The van der Waals surface area contributed by atoms with Crippen LogP contribution in [0.1, 0.15) is 66.7 Å². The second kappa shape index (κ2) is 9.93. The maximum Gasteiger partial charge on any atom is 0.155 e. The van der Waals surface area contributed by atoms with Gasteiger partial charge in [-0.05, 0) is 51.2 Å². The summed E-state index contributed by atoms with van der Waals surface area (Å²) in [6, 6.07) is 0. The zero-order valence-corrected chi connectivity index (χ0v) is 14.2. The maximum absolute atomic E-state index is 11.3. The summed E-state index contributed by atoms with van der Waals surface area (Å²) >= 11 is 0. The van der Waals surface area contributed by atoms with Crippen LogP contribution in [0.25, 0.3) is 0 Å². The molecule has 1 unspecified atom stereocenters. The van der Waals surface area contributed by atoms with Crippen molar-refractivity contribution in [1.82, 2.24) is 0 Å².